The lowest BCUT2D eigenvalue weighted by atomic mass is 10.1. The first kappa shape index (κ1) is 23.1. The van der Waals surface area contributed by atoms with Crippen LogP contribution in [-0.4, -0.2) is 36.9 Å². The average Bonchev–Trinajstić information content (AvgIpc) is 2.69. The number of aryl methyl sites for hydroxylation is 1. The summed E-state index contributed by atoms with van der Waals surface area (Å²) in [5.74, 6) is -2.74. The number of alkyl halides is 3. The van der Waals surface area contributed by atoms with Crippen LogP contribution in [0.15, 0.2) is 48.5 Å². The highest BCUT2D eigenvalue weighted by atomic mass is 19.4. The summed E-state index contributed by atoms with van der Waals surface area (Å²) in [6, 6.07) is 11.7. The van der Waals surface area contributed by atoms with Gasteiger partial charge in [0.1, 0.15) is 5.75 Å². The maximum Gasteiger partial charge on any atom is 0.441 e. The van der Waals surface area contributed by atoms with Gasteiger partial charge in [-0.05, 0) is 45.0 Å². The Balaban J connectivity index is 2.52. The van der Waals surface area contributed by atoms with E-state index in [1.54, 1.807) is 37.4 Å². The normalized spacial score (nSPS) is 13.1. The largest absolute Gasteiger partial charge is 0.493 e. The molecule has 0 heterocycles. The molecule has 2 aromatic rings. The van der Waals surface area contributed by atoms with Crippen LogP contribution in [0.3, 0.4) is 0 Å². The first-order valence-corrected chi connectivity index (χ1v) is 9.27. The summed E-state index contributed by atoms with van der Waals surface area (Å²) in [4.78, 5) is 25.3. The molecule has 1 atom stereocenters. The second-order valence-corrected chi connectivity index (χ2v) is 6.34. The molecule has 1 amide bonds. The topological polar surface area (TPSA) is 76.7 Å². The van der Waals surface area contributed by atoms with Gasteiger partial charge in [-0.3, -0.25) is 4.79 Å². The monoisotopic (exact) mass is 424 g/mol. The van der Waals surface area contributed by atoms with Gasteiger partial charge < -0.3 is 20.1 Å². The Morgan fingerprint density at radius 3 is 2.17 bits per heavy atom. The van der Waals surface area contributed by atoms with Crippen LogP contribution in [-0.2, 0) is 9.53 Å². The van der Waals surface area contributed by atoms with Gasteiger partial charge in [-0.15, -0.1) is 0 Å². The fraction of sp³-hybridized carbons (Fsp3) is 0.333. The third-order valence-corrected chi connectivity index (χ3v) is 4.12. The van der Waals surface area contributed by atoms with Crippen LogP contribution in [0.5, 0.6) is 5.75 Å². The highest BCUT2D eigenvalue weighted by Gasteiger charge is 2.63. The SMILES string of the molecule is CCOC(=O)C(NC(=O)c1ccccc1OCC)(Nc1ccc(C)cc1)C(F)(F)F. The number of anilines is 1. The van der Waals surface area contributed by atoms with Crippen LogP contribution in [0.2, 0.25) is 0 Å². The molecule has 0 saturated carbocycles. The summed E-state index contributed by atoms with van der Waals surface area (Å²) in [6.07, 6.45) is -5.22. The number of benzene rings is 2. The lowest BCUT2D eigenvalue weighted by Crippen LogP contribution is -2.69. The van der Waals surface area contributed by atoms with Crippen molar-refractivity contribution in [2.45, 2.75) is 32.6 Å². The number of rotatable bonds is 8. The molecule has 6 nitrogen and oxygen atoms in total. The number of amides is 1. The molecule has 2 aromatic carbocycles. The average molecular weight is 424 g/mol. The summed E-state index contributed by atoms with van der Waals surface area (Å²) in [7, 11) is 0. The molecule has 0 aliphatic heterocycles. The van der Waals surface area contributed by atoms with E-state index in [0.29, 0.717) is 0 Å². The van der Waals surface area contributed by atoms with Crippen molar-refractivity contribution >= 4 is 17.6 Å². The van der Waals surface area contributed by atoms with Crippen LogP contribution in [0.25, 0.3) is 0 Å². The van der Waals surface area contributed by atoms with E-state index in [9.17, 15) is 22.8 Å². The first-order chi connectivity index (χ1) is 14.1. The van der Waals surface area contributed by atoms with Crippen molar-refractivity contribution in [1.29, 1.82) is 0 Å². The van der Waals surface area contributed by atoms with Crippen molar-refractivity contribution in [3.63, 3.8) is 0 Å². The third kappa shape index (κ3) is 5.03. The van der Waals surface area contributed by atoms with E-state index in [4.69, 9.17) is 4.74 Å². The molecule has 0 spiro atoms. The molecule has 0 radical (unpaired) electrons. The Labute approximate surface area is 172 Å². The minimum Gasteiger partial charge on any atom is -0.493 e. The lowest BCUT2D eigenvalue weighted by Gasteiger charge is -2.35. The number of para-hydroxylation sites is 1. The van der Waals surface area contributed by atoms with Crippen molar-refractivity contribution < 1.29 is 32.2 Å². The fourth-order valence-electron chi connectivity index (χ4n) is 2.66. The van der Waals surface area contributed by atoms with Crippen molar-refractivity contribution in [3.8, 4) is 5.75 Å². The van der Waals surface area contributed by atoms with E-state index >= 15 is 0 Å². The Morgan fingerprint density at radius 2 is 1.60 bits per heavy atom. The molecule has 2 rings (SSSR count). The molecule has 1 unspecified atom stereocenters. The number of ether oxygens (including phenoxy) is 2. The van der Waals surface area contributed by atoms with Gasteiger partial charge in [-0.2, -0.15) is 13.2 Å². The van der Waals surface area contributed by atoms with Gasteiger partial charge in [0.15, 0.2) is 0 Å². The summed E-state index contributed by atoms with van der Waals surface area (Å²) in [6.45, 7) is 4.70. The third-order valence-electron chi connectivity index (χ3n) is 4.12. The zero-order valence-corrected chi connectivity index (χ0v) is 16.8. The van der Waals surface area contributed by atoms with E-state index in [-0.39, 0.29) is 30.2 Å². The van der Waals surface area contributed by atoms with Crippen LogP contribution >= 0.6 is 0 Å². The standard InChI is InChI=1S/C21H23F3N2O4/c1-4-29-17-9-7-6-8-16(17)18(27)26-20(21(22,23)24,19(28)30-5-2)25-15-12-10-14(3)11-13-15/h6-13,25H,4-5H2,1-3H3,(H,26,27). The van der Waals surface area contributed by atoms with Crippen molar-refractivity contribution in [1.82, 2.24) is 5.32 Å². The summed E-state index contributed by atoms with van der Waals surface area (Å²) in [5, 5.41) is 3.93. The van der Waals surface area contributed by atoms with Crippen LogP contribution < -0.4 is 15.4 Å². The van der Waals surface area contributed by atoms with Crippen LogP contribution in [0, 0.1) is 6.92 Å². The van der Waals surface area contributed by atoms with Gasteiger partial charge in [0.2, 0.25) is 0 Å². The van der Waals surface area contributed by atoms with Crippen molar-refractivity contribution in [2.24, 2.45) is 0 Å². The molecule has 0 aliphatic carbocycles. The minimum absolute atomic E-state index is 0.0237. The number of hydrogen-bond acceptors (Lipinski definition) is 5. The van der Waals surface area contributed by atoms with Crippen molar-refractivity contribution in [2.75, 3.05) is 18.5 Å². The van der Waals surface area contributed by atoms with Gasteiger partial charge in [0.05, 0.1) is 18.8 Å². The van der Waals surface area contributed by atoms with E-state index in [1.165, 1.54) is 37.3 Å². The predicted octanol–water partition coefficient (Wildman–Crippen LogP) is 4.06. The molecule has 0 fully saturated rings. The number of halogens is 3. The molecule has 0 aliphatic rings. The molecule has 162 valence electrons. The number of hydrogen-bond donors (Lipinski definition) is 2. The highest BCUT2D eigenvalue weighted by molar-refractivity contribution is 6.01. The summed E-state index contributed by atoms with van der Waals surface area (Å²) >= 11 is 0. The van der Waals surface area contributed by atoms with E-state index < -0.39 is 23.7 Å². The Bertz CT molecular complexity index is 885. The molecule has 0 bridgehead atoms. The fourth-order valence-corrected chi connectivity index (χ4v) is 2.66. The number of nitrogens with one attached hydrogen (secondary N) is 2. The summed E-state index contributed by atoms with van der Waals surface area (Å²) in [5.41, 5.74) is -2.87. The lowest BCUT2D eigenvalue weighted by molar-refractivity contribution is -0.204. The molecule has 0 aromatic heterocycles. The van der Waals surface area contributed by atoms with Gasteiger partial charge in [0, 0.05) is 5.69 Å². The van der Waals surface area contributed by atoms with E-state index in [2.05, 4.69) is 10.1 Å². The van der Waals surface area contributed by atoms with Gasteiger partial charge in [-0.1, -0.05) is 29.8 Å². The Morgan fingerprint density at radius 1 is 0.967 bits per heavy atom. The van der Waals surface area contributed by atoms with Crippen molar-refractivity contribution in [3.05, 3.63) is 59.7 Å². The first-order valence-electron chi connectivity index (χ1n) is 9.27. The van der Waals surface area contributed by atoms with Gasteiger partial charge in [-0.25, -0.2) is 4.79 Å². The highest BCUT2D eigenvalue weighted by Crippen LogP contribution is 2.34. The quantitative estimate of drug-likeness (QED) is 0.494. The smallest absolute Gasteiger partial charge is 0.441 e. The second kappa shape index (κ2) is 9.51. The molecule has 9 heteroatoms. The van der Waals surface area contributed by atoms with Crippen LogP contribution in [0.1, 0.15) is 29.8 Å². The maximum absolute atomic E-state index is 14.2. The molecule has 30 heavy (non-hydrogen) atoms. The van der Waals surface area contributed by atoms with Gasteiger partial charge in [0.25, 0.3) is 5.91 Å². The minimum atomic E-state index is -5.22. The molecule has 0 saturated heterocycles. The van der Waals surface area contributed by atoms with E-state index in [1.807, 2.05) is 0 Å². The number of esters is 1. The molecule has 2 N–H and O–H groups in total. The number of carbonyl (C=O) groups is 2. The Hall–Kier alpha value is -3.23. The Kier molecular flexibility index (Phi) is 7.31. The molecular formula is C21H23F3N2O4. The zero-order valence-electron chi connectivity index (χ0n) is 16.8. The van der Waals surface area contributed by atoms with Crippen LogP contribution in [0.4, 0.5) is 18.9 Å². The van der Waals surface area contributed by atoms with E-state index in [0.717, 1.165) is 5.56 Å². The maximum atomic E-state index is 14.2. The summed E-state index contributed by atoms with van der Waals surface area (Å²) < 4.78 is 52.7. The number of carbonyl (C=O) groups excluding carboxylic acids is 2. The molecular weight excluding hydrogens is 401 g/mol. The zero-order chi connectivity index (χ0) is 22.4. The predicted molar refractivity (Wildman–Crippen MR) is 105 cm³/mol. The second-order valence-electron chi connectivity index (χ2n) is 6.34. The van der Waals surface area contributed by atoms with Gasteiger partial charge >= 0.3 is 17.8 Å².